The van der Waals surface area contributed by atoms with E-state index in [1.54, 1.807) is 12.1 Å². The van der Waals surface area contributed by atoms with E-state index in [1.807, 2.05) is 0 Å². The Labute approximate surface area is 91.1 Å². The highest BCUT2D eigenvalue weighted by atomic mass is 19.1. The van der Waals surface area contributed by atoms with Crippen LogP contribution in [-0.4, -0.2) is 31.1 Å². The van der Waals surface area contributed by atoms with Crippen molar-refractivity contribution in [2.45, 2.75) is 13.8 Å². The van der Waals surface area contributed by atoms with Crippen LogP contribution in [0.5, 0.6) is 0 Å². The van der Waals surface area contributed by atoms with Crippen LogP contribution < -0.4 is 5.32 Å². The first kappa shape index (κ1) is 12.0. The van der Waals surface area contributed by atoms with Crippen molar-refractivity contribution in [3.63, 3.8) is 0 Å². The zero-order valence-corrected chi connectivity index (χ0v) is 9.46. The van der Waals surface area contributed by atoms with Crippen LogP contribution in [0.1, 0.15) is 13.8 Å². The van der Waals surface area contributed by atoms with E-state index in [-0.39, 0.29) is 5.82 Å². The maximum absolute atomic E-state index is 12.6. The predicted molar refractivity (Wildman–Crippen MR) is 62.7 cm³/mol. The number of hydrogen-bond donors (Lipinski definition) is 1. The molecule has 0 amide bonds. The number of likely N-dealkylation sites (N-methyl/N-ethyl adjacent to an activating group) is 1. The van der Waals surface area contributed by atoms with E-state index >= 15 is 0 Å². The van der Waals surface area contributed by atoms with Gasteiger partial charge in [-0.05, 0) is 37.4 Å². The van der Waals surface area contributed by atoms with Crippen LogP contribution in [0, 0.1) is 5.82 Å². The molecule has 0 fully saturated rings. The maximum atomic E-state index is 12.6. The second-order valence-electron chi connectivity index (χ2n) is 3.46. The van der Waals surface area contributed by atoms with E-state index in [2.05, 4.69) is 24.1 Å². The molecule has 15 heavy (non-hydrogen) atoms. The lowest BCUT2D eigenvalue weighted by Crippen LogP contribution is -2.28. The third kappa shape index (κ3) is 4.30. The molecule has 0 aliphatic rings. The zero-order chi connectivity index (χ0) is 11.1. The summed E-state index contributed by atoms with van der Waals surface area (Å²) in [5.41, 5.74) is 0.976. The van der Waals surface area contributed by atoms with Crippen LogP contribution in [0.2, 0.25) is 0 Å². The van der Waals surface area contributed by atoms with Gasteiger partial charge in [-0.15, -0.1) is 0 Å². The third-order valence-corrected chi connectivity index (χ3v) is 2.50. The molecular formula is C12H19FN2. The van der Waals surface area contributed by atoms with Gasteiger partial charge in [0, 0.05) is 18.8 Å². The molecular weight excluding hydrogens is 191 g/mol. The predicted octanol–water partition coefficient (Wildman–Crippen LogP) is 2.58. The summed E-state index contributed by atoms with van der Waals surface area (Å²) < 4.78 is 12.6. The number of benzene rings is 1. The molecule has 0 bridgehead atoms. The molecule has 0 saturated carbocycles. The fourth-order valence-corrected chi connectivity index (χ4v) is 1.47. The Bertz CT molecular complexity index is 267. The number of rotatable bonds is 6. The number of nitrogens with one attached hydrogen (secondary N) is 1. The Kier molecular flexibility index (Phi) is 5.12. The Balaban J connectivity index is 2.28. The van der Waals surface area contributed by atoms with Crippen molar-refractivity contribution < 1.29 is 4.39 Å². The Morgan fingerprint density at radius 1 is 1.13 bits per heavy atom. The highest BCUT2D eigenvalue weighted by Crippen LogP contribution is 2.07. The van der Waals surface area contributed by atoms with E-state index in [0.717, 1.165) is 31.9 Å². The summed E-state index contributed by atoms with van der Waals surface area (Å²) in [5, 5.41) is 3.26. The molecule has 0 radical (unpaired) electrons. The number of nitrogens with zero attached hydrogens (tertiary/aromatic N) is 1. The summed E-state index contributed by atoms with van der Waals surface area (Å²) in [7, 11) is 0. The van der Waals surface area contributed by atoms with Crippen LogP contribution in [0.15, 0.2) is 24.3 Å². The molecule has 1 aromatic carbocycles. The smallest absolute Gasteiger partial charge is 0.123 e. The molecule has 1 N–H and O–H groups in total. The van der Waals surface area contributed by atoms with Crippen molar-refractivity contribution in [3.05, 3.63) is 30.1 Å². The van der Waals surface area contributed by atoms with E-state index in [9.17, 15) is 4.39 Å². The molecule has 0 heterocycles. The van der Waals surface area contributed by atoms with Gasteiger partial charge in [0.25, 0.3) is 0 Å². The minimum atomic E-state index is -0.190. The topological polar surface area (TPSA) is 15.3 Å². The molecule has 0 spiro atoms. The third-order valence-electron chi connectivity index (χ3n) is 2.50. The monoisotopic (exact) mass is 210 g/mol. The summed E-state index contributed by atoms with van der Waals surface area (Å²) in [6.45, 7) is 8.36. The standard InChI is InChI=1S/C12H19FN2/c1-3-15(4-2)10-9-14-12-7-5-11(13)6-8-12/h5-8,14H,3-4,9-10H2,1-2H3. The van der Waals surface area contributed by atoms with Crippen LogP contribution in [0.3, 0.4) is 0 Å². The molecule has 0 aliphatic heterocycles. The highest BCUT2D eigenvalue weighted by Gasteiger charge is 1.98. The Morgan fingerprint density at radius 3 is 2.27 bits per heavy atom. The first-order valence-corrected chi connectivity index (χ1v) is 5.48. The van der Waals surface area contributed by atoms with E-state index in [0.29, 0.717) is 0 Å². The lowest BCUT2D eigenvalue weighted by Gasteiger charge is -2.18. The van der Waals surface area contributed by atoms with Crippen molar-refractivity contribution >= 4 is 5.69 Å². The van der Waals surface area contributed by atoms with E-state index in [4.69, 9.17) is 0 Å². The molecule has 84 valence electrons. The summed E-state index contributed by atoms with van der Waals surface area (Å²) in [6, 6.07) is 6.47. The Morgan fingerprint density at radius 2 is 1.73 bits per heavy atom. The second kappa shape index (κ2) is 6.40. The lowest BCUT2D eigenvalue weighted by molar-refractivity contribution is 0.316. The molecule has 0 unspecified atom stereocenters. The minimum absolute atomic E-state index is 0.190. The fourth-order valence-electron chi connectivity index (χ4n) is 1.47. The average molecular weight is 210 g/mol. The normalized spacial score (nSPS) is 10.7. The summed E-state index contributed by atoms with van der Waals surface area (Å²) in [4.78, 5) is 2.34. The van der Waals surface area contributed by atoms with Gasteiger partial charge in [0.15, 0.2) is 0 Å². The van der Waals surface area contributed by atoms with Gasteiger partial charge in [0.2, 0.25) is 0 Å². The van der Waals surface area contributed by atoms with Gasteiger partial charge in [-0.2, -0.15) is 0 Å². The van der Waals surface area contributed by atoms with Crippen LogP contribution in [0.25, 0.3) is 0 Å². The Hall–Kier alpha value is -1.09. The van der Waals surface area contributed by atoms with Gasteiger partial charge in [0.05, 0.1) is 0 Å². The maximum Gasteiger partial charge on any atom is 0.123 e. The molecule has 0 aliphatic carbocycles. The minimum Gasteiger partial charge on any atom is -0.384 e. The first-order valence-electron chi connectivity index (χ1n) is 5.48. The summed E-state index contributed by atoms with van der Waals surface area (Å²) in [6.07, 6.45) is 0. The fraction of sp³-hybridized carbons (Fsp3) is 0.500. The molecule has 0 saturated heterocycles. The van der Waals surface area contributed by atoms with Gasteiger partial charge >= 0.3 is 0 Å². The van der Waals surface area contributed by atoms with Gasteiger partial charge in [-0.25, -0.2) is 4.39 Å². The highest BCUT2D eigenvalue weighted by molar-refractivity contribution is 5.42. The zero-order valence-electron chi connectivity index (χ0n) is 9.46. The summed E-state index contributed by atoms with van der Waals surface area (Å²) in [5.74, 6) is -0.190. The number of hydrogen-bond acceptors (Lipinski definition) is 2. The van der Waals surface area contributed by atoms with Crippen LogP contribution >= 0.6 is 0 Å². The van der Waals surface area contributed by atoms with Gasteiger partial charge in [-0.3, -0.25) is 0 Å². The van der Waals surface area contributed by atoms with Crippen molar-refractivity contribution in [2.75, 3.05) is 31.5 Å². The van der Waals surface area contributed by atoms with E-state index in [1.165, 1.54) is 12.1 Å². The largest absolute Gasteiger partial charge is 0.384 e. The molecule has 0 aromatic heterocycles. The first-order chi connectivity index (χ1) is 7.26. The molecule has 2 nitrogen and oxygen atoms in total. The van der Waals surface area contributed by atoms with Crippen molar-refractivity contribution in [1.29, 1.82) is 0 Å². The SMILES string of the molecule is CCN(CC)CCNc1ccc(F)cc1. The van der Waals surface area contributed by atoms with Crippen molar-refractivity contribution in [2.24, 2.45) is 0 Å². The van der Waals surface area contributed by atoms with Crippen molar-refractivity contribution in [3.8, 4) is 0 Å². The number of halogens is 1. The molecule has 3 heteroatoms. The second-order valence-corrected chi connectivity index (χ2v) is 3.46. The van der Waals surface area contributed by atoms with Crippen molar-refractivity contribution in [1.82, 2.24) is 4.90 Å². The molecule has 1 aromatic rings. The number of anilines is 1. The van der Waals surface area contributed by atoms with E-state index < -0.39 is 0 Å². The molecule has 1 rings (SSSR count). The lowest BCUT2D eigenvalue weighted by atomic mass is 10.3. The summed E-state index contributed by atoms with van der Waals surface area (Å²) >= 11 is 0. The average Bonchev–Trinajstić information content (AvgIpc) is 2.27. The quantitative estimate of drug-likeness (QED) is 0.776. The van der Waals surface area contributed by atoms with Crippen LogP contribution in [0.4, 0.5) is 10.1 Å². The molecule has 0 atom stereocenters. The van der Waals surface area contributed by atoms with Crippen LogP contribution in [-0.2, 0) is 0 Å². The van der Waals surface area contributed by atoms with Gasteiger partial charge < -0.3 is 10.2 Å². The van der Waals surface area contributed by atoms with Gasteiger partial charge in [-0.1, -0.05) is 13.8 Å². The van der Waals surface area contributed by atoms with Gasteiger partial charge in [0.1, 0.15) is 5.82 Å².